The van der Waals surface area contributed by atoms with E-state index in [0.29, 0.717) is 24.0 Å². The third-order valence-corrected chi connectivity index (χ3v) is 5.10. The van der Waals surface area contributed by atoms with Crippen molar-refractivity contribution in [1.82, 2.24) is 10.6 Å². The summed E-state index contributed by atoms with van der Waals surface area (Å²) in [5.41, 5.74) is 0. The zero-order valence-corrected chi connectivity index (χ0v) is 16.9. The SMILES string of the molecule is CC(CC(=O)NCC(O)COc1ccccc1Br)C1CCCNC1.Cl. The van der Waals surface area contributed by atoms with Gasteiger partial charge in [-0.1, -0.05) is 19.1 Å². The van der Waals surface area contributed by atoms with Gasteiger partial charge in [-0.05, 0) is 65.8 Å². The summed E-state index contributed by atoms with van der Waals surface area (Å²) in [7, 11) is 0. The number of nitrogens with one attached hydrogen (secondary N) is 2. The first kappa shape index (κ1) is 22.2. The molecule has 0 spiro atoms. The Hall–Kier alpha value is -0.820. The van der Waals surface area contributed by atoms with Crippen LogP contribution >= 0.6 is 28.3 Å². The second kappa shape index (κ2) is 11.7. The van der Waals surface area contributed by atoms with Crippen molar-refractivity contribution >= 4 is 34.2 Å². The lowest BCUT2D eigenvalue weighted by Gasteiger charge is -2.28. The highest BCUT2D eigenvalue weighted by Crippen LogP contribution is 2.24. The van der Waals surface area contributed by atoms with Gasteiger partial charge in [-0.25, -0.2) is 0 Å². The summed E-state index contributed by atoms with van der Waals surface area (Å²) < 4.78 is 6.39. The van der Waals surface area contributed by atoms with Crippen molar-refractivity contribution in [2.45, 2.75) is 32.3 Å². The number of halogens is 2. The summed E-state index contributed by atoms with van der Waals surface area (Å²) >= 11 is 3.39. The Morgan fingerprint density at radius 1 is 1.48 bits per heavy atom. The lowest BCUT2D eigenvalue weighted by molar-refractivity contribution is -0.122. The van der Waals surface area contributed by atoms with E-state index in [2.05, 4.69) is 33.5 Å². The van der Waals surface area contributed by atoms with Crippen LogP contribution in [0.4, 0.5) is 0 Å². The fourth-order valence-electron chi connectivity index (χ4n) is 2.93. The highest BCUT2D eigenvalue weighted by Gasteiger charge is 2.22. The Labute approximate surface area is 164 Å². The van der Waals surface area contributed by atoms with Gasteiger partial charge in [-0.15, -0.1) is 12.4 Å². The highest BCUT2D eigenvalue weighted by molar-refractivity contribution is 9.10. The molecule has 0 bridgehead atoms. The number of aliphatic hydroxyl groups is 1. The first-order valence-corrected chi connectivity index (χ1v) is 9.38. The van der Waals surface area contributed by atoms with E-state index in [-0.39, 0.29) is 31.5 Å². The van der Waals surface area contributed by atoms with Crippen LogP contribution in [0.3, 0.4) is 0 Å². The molecule has 0 radical (unpaired) electrons. The van der Waals surface area contributed by atoms with E-state index < -0.39 is 6.10 Å². The van der Waals surface area contributed by atoms with Gasteiger partial charge in [0.2, 0.25) is 5.91 Å². The molecule has 1 aliphatic rings. The van der Waals surface area contributed by atoms with Crippen LogP contribution in [0.5, 0.6) is 5.75 Å². The van der Waals surface area contributed by atoms with Gasteiger partial charge in [0.15, 0.2) is 0 Å². The van der Waals surface area contributed by atoms with Crippen LogP contribution in [0.15, 0.2) is 28.7 Å². The maximum absolute atomic E-state index is 12.0. The molecule has 3 atom stereocenters. The Bertz CT molecular complexity index is 527. The van der Waals surface area contributed by atoms with Crippen LogP contribution < -0.4 is 15.4 Å². The van der Waals surface area contributed by atoms with Crippen molar-refractivity contribution in [2.24, 2.45) is 11.8 Å². The lowest BCUT2D eigenvalue weighted by atomic mass is 9.85. The summed E-state index contributed by atoms with van der Waals surface area (Å²) in [4.78, 5) is 12.0. The quantitative estimate of drug-likeness (QED) is 0.587. The molecule has 3 unspecified atom stereocenters. The maximum atomic E-state index is 12.0. The maximum Gasteiger partial charge on any atom is 0.220 e. The normalized spacial score (nSPS) is 19.4. The number of rotatable bonds is 8. The molecule has 25 heavy (non-hydrogen) atoms. The third kappa shape index (κ3) is 7.94. The molecule has 1 aromatic rings. The zero-order valence-electron chi connectivity index (χ0n) is 14.5. The topological polar surface area (TPSA) is 70.6 Å². The monoisotopic (exact) mass is 434 g/mol. The molecule has 142 valence electrons. The second-order valence-corrected chi connectivity index (χ2v) is 7.34. The number of piperidine rings is 1. The Morgan fingerprint density at radius 3 is 2.92 bits per heavy atom. The number of hydrogen-bond acceptors (Lipinski definition) is 4. The van der Waals surface area contributed by atoms with Gasteiger partial charge in [0.05, 0.1) is 4.47 Å². The van der Waals surface area contributed by atoms with Gasteiger partial charge in [-0.2, -0.15) is 0 Å². The predicted octanol–water partition coefficient (Wildman–Crippen LogP) is 2.75. The number of amides is 1. The summed E-state index contributed by atoms with van der Waals surface area (Å²) in [5, 5.41) is 16.2. The predicted molar refractivity (Wildman–Crippen MR) is 105 cm³/mol. The second-order valence-electron chi connectivity index (χ2n) is 6.49. The van der Waals surface area contributed by atoms with E-state index >= 15 is 0 Å². The molecule has 1 fully saturated rings. The van der Waals surface area contributed by atoms with Gasteiger partial charge < -0.3 is 20.5 Å². The van der Waals surface area contributed by atoms with Crippen molar-refractivity contribution in [1.29, 1.82) is 0 Å². The highest BCUT2D eigenvalue weighted by atomic mass is 79.9. The van der Waals surface area contributed by atoms with E-state index in [0.717, 1.165) is 17.6 Å². The number of carbonyl (C=O) groups excluding carboxylic acids is 1. The van der Waals surface area contributed by atoms with E-state index in [1.807, 2.05) is 24.3 Å². The standard InChI is InChI=1S/C18H27BrN2O3.ClH/c1-13(14-5-4-8-20-10-14)9-18(23)21-11-15(22)12-24-17-7-3-2-6-16(17)19;/h2-3,6-7,13-15,20,22H,4-5,8-12H2,1H3,(H,21,23);1H. The van der Waals surface area contributed by atoms with Crippen LogP contribution in [0.1, 0.15) is 26.2 Å². The van der Waals surface area contributed by atoms with Gasteiger partial charge in [-0.3, -0.25) is 4.79 Å². The molecule has 1 heterocycles. The average Bonchev–Trinajstić information content (AvgIpc) is 2.60. The summed E-state index contributed by atoms with van der Waals surface area (Å²) in [6.45, 7) is 4.56. The van der Waals surface area contributed by atoms with E-state index in [4.69, 9.17) is 4.74 Å². The molecule has 1 saturated heterocycles. The molecule has 5 nitrogen and oxygen atoms in total. The van der Waals surface area contributed by atoms with Crippen LogP contribution in [0.25, 0.3) is 0 Å². The summed E-state index contributed by atoms with van der Waals surface area (Å²) in [5.74, 6) is 1.59. The molecule has 1 aliphatic heterocycles. The zero-order chi connectivity index (χ0) is 17.4. The molecule has 2 rings (SSSR count). The number of benzene rings is 1. The molecule has 0 saturated carbocycles. The van der Waals surface area contributed by atoms with Gasteiger partial charge in [0.25, 0.3) is 0 Å². The van der Waals surface area contributed by atoms with Crippen LogP contribution in [-0.2, 0) is 4.79 Å². The van der Waals surface area contributed by atoms with Crippen LogP contribution in [-0.4, -0.2) is 43.4 Å². The minimum absolute atomic E-state index is 0. The fraction of sp³-hybridized carbons (Fsp3) is 0.611. The largest absolute Gasteiger partial charge is 0.490 e. The minimum Gasteiger partial charge on any atom is -0.490 e. The number of hydrogen-bond donors (Lipinski definition) is 3. The molecule has 0 aromatic heterocycles. The first-order valence-electron chi connectivity index (χ1n) is 8.59. The third-order valence-electron chi connectivity index (χ3n) is 4.45. The molecular formula is C18H28BrClN2O3. The van der Waals surface area contributed by atoms with E-state index in [1.54, 1.807) is 0 Å². The fourth-order valence-corrected chi connectivity index (χ4v) is 3.33. The Kier molecular flexibility index (Phi) is 10.4. The Morgan fingerprint density at radius 2 is 2.24 bits per heavy atom. The summed E-state index contributed by atoms with van der Waals surface area (Å²) in [6, 6.07) is 7.48. The smallest absolute Gasteiger partial charge is 0.220 e. The Balaban J connectivity index is 0.00000312. The lowest BCUT2D eigenvalue weighted by Crippen LogP contribution is -2.38. The van der Waals surface area contributed by atoms with Crippen molar-refractivity contribution < 1.29 is 14.6 Å². The molecule has 7 heteroatoms. The molecule has 1 amide bonds. The molecule has 1 aromatic carbocycles. The van der Waals surface area contributed by atoms with Crippen molar-refractivity contribution in [2.75, 3.05) is 26.2 Å². The van der Waals surface area contributed by atoms with Crippen molar-refractivity contribution in [3.05, 3.63) is 28.7 Å². The summed E-state index contributed by atoms with van der Waals surface area (Å²) in [6.07, 6.45) is 2.14. The van der Waals surface area contributed by atoms with Gasteiger partial charge in [0, 0.05) is 13.0 Å². The number of para-hydroxylation sites is 1. The van der Waals surface area contributed by atoms with Crippen LogP contribution in [0, 0.1) is 11.8 Å². The average molecular weight is 436 g/mol. The number of carbonyl (C=O) groups is 1. The van der Waals surface area contributed by atoms with Crippen molar-refractivity contribution in [3.8, 4) is 5.75 Å². The van der Waals surface area contributed by atoms with Gasteiger partial charge in [0.1, 0.15) is 18.5 Å². The van der Waals surface area contributed by atoms with E-state index in [1.165, 1.54) is 12.8 Å². The van der Waals surface area contributed by atoms with Gasteiger partial charge >= 0.3 is 0 Å². The van der Waals surface area contributed by atoms with Crippen LogP contribution in [0.2, 0.25) is 0 Å². The molecule has 3 N–H and O–H groups in total. The van der Waals surface area contributed by atoms with Crippen molar-refractivity contribution in [3.63, 3.8) is 0 Å². The molecule has 0 aliphatic carbocycles. The van der Waals surface area contributed by atoms with E-state index in [9.17, 15) is 9.90 Å². The minimum atomic E-state index is -0.729. The number of ether oxygens (including phenoxy) is 1. The first-order chi connectivity index (χ1) is 11.6. The number of aliphatic hydroxyl groups excluding tert-OH is 1. The molecular weight excluding hydrogens is 408 g/mol.